The van der Waals surface area contributed by atoms with Crippen LogP contribution in [-0.4, -0.2) is 67.2 Å². The summed E-state index contributed by atoms with van der Waals surface area (Å²) in [6.07, 6.45) is 6.60. The molecule has 214 valence electrons. The van der Waals surface area contributed by atoms with Crippen LogP contribution in [-0.2, 0) is 25.9 Å². The molecule has 0 saturated heterocycles. The third-order valence-electron chi connectivity index (χ3n) is 5.18. The van der Waals surface area contributed by atoms with Crippen molar-refractivity contribution in [1.82, 2.24) is 29.3 Å². The van der Waals surface area contributed by atoms with Crippen LogP contribution < -0.4 is 38.5 Å². The molecule has 0 atom stereocenters. The largest absolute Gasteiger partial charge is 0.388 e. The van der Waals surface area contributed by atoms with Crippen molar-refractivity contribution >= 4 is 46.8 Å². The fraction of sp³-hybridized carbons (Fsp3) is 0.261. The Balaban J connectivity index is 0.000000526. The highest BCUT2D eigenvalue weighted by atomic mass is 16.2. The van der Waals surface area contributed by atoms with Crippen LogP contribution in [0.1, 0.15) is 38.0 Å². The topological polar surface area (TPSA) is 270 Å². The smallest absolute Gasteiger partial charge is 0.284 e. The zero-order valence-electron chi connectivity index (χ0n) is 22.2. The van der Waals surface area contributed by atoms with E-state index in [4.69, 9.17) is 28.0 Å². The Morgan fingerprint density at radius 1 is 0.850 bits per heavy atom. The Bertz CT molecular complexity index is 1420. The molecule has 0 aliphatic carbocycles. The normalized spacial score (nSPS) is 10.1. The van der Waals surface area contributed by atoms with Crippen molar-refractivity contribution in [2.45, 2.75) is 6.42 Å². The van der Waals surface area contributed by atoms with E-state index in [0.29, 0.717) is 17.1 Å². The fourth-order valence-corrected chi connectivity index (χ4v) is 3.30. The minimum atomic E-state index is -0.498. The highest BCUT2D eigenvalue weighted by molar-refractivity contribution is 6.05. The van der Waals surface area contributed by atoms with Gasteiger partial charge in [-0.25, -0.2) is 4.98 Å². The minimum absolute atomic E-state index is 0.0200. The molecule has 3 rings (SSSR count). The van der Waals surface area contributed by atoms with Crippen LogP contribution in [0, 0.1) is 10.8 Å². The van der Waals surface area contributed by atoms with Gasteiger partial charge in [-0.15, -0.1) is 0 Å². The predicted molar refractivity (Wildman–Crippen MR) is 148 cm³/mol. The third kappa shape index (κ3) is 9.05. The maximum Gasteiger partial charge on any atom is 0.284 e. The molecule has 0 spiro atoms. The average molecular weight is 556 g/mol. The Labute approximate surface area is 229 Å². The Hall–Kier alpha value is -5.61. The molecule has 0 radical (unpaired) electrons. The van der Waals surface area contributed by atoms with E-state index < -0.39 is 17.7 Å². The summed E-state index contributed by atoms with van der Waals surface area (Å²) in [7, 11) is 5.03. The molecule has 0 saturated carbocycles. The Morgan fingerprint density at radius 3 is 1.90 bits per heavy atom. The van der Waals surface area contributed by atoms with E-state index in [1.807, 2.05) is 0 Å². The molecule has 0 aliphatic heterocycles. The van der Waals surface area contributed by atoms with Crippen molar-refractivity contribution in [3.05, 3.63) is 54.1 Å². The zero-order chi connectivity index (χ0) is 30.0. The summed E-state index contributed by atoms with van der Waals surface area (Å²) < 4.78 is 4.68. The minimum Gasteiger partial charge on any atom is -0.388 e. The molecular formula is C23H33N13O4. The summed E-state index contributed by atoms with van der Waals surface area (Å²) in [6.45, 7) is 0.0633. The summed E-state index contributed by atoms with van der Waals surface area (Å²) in [5.41, 5.74) is 16.8. The second-order valence-corrected chi connectivity index (χ2v) is 8.48. The number of carbonyl (C=O) groups excluding carboxylic acids is 4. The molecule has 0 unspecified atom stereocenters. The van der Waals surface area contributed by atoms with Crippen LogP contribution in [0.5, 0.6) is 0 Å². The summed E-state index contributed by atoms with van der Waals surface area (Å²) >= 11 is 0. The van der Waals surface area contributed by atoms with Gasteiger partial charge in [-0.05, 0) is 12.1 Å². The van der Waals surface area contributed by atoms with Crippen molar-refractivity contribution in [3.63, 3.8) is 0 Å². The van der Waals surface area contributed by atoms with Gasteiger partial charge in [0.2, 0.25) is 5.91 Å². The number of aromatic nitrogens is 4. The van der Waals surface area contributed by atoms with Gasteiger partial charge in [-0.2, -0.15) is 0 Å². The van der Waals surface area contributed by atoms with E-state index in [9.17, 15) is 19.2 Å². The molecule has 0 aromatic carbocycles. The van der Waals surface area contributed by atoms with Crippen LogP contribution in [0.2, 0.25) is 0 Å². The Kier molecular flexibility index (Phi) is 10.6. The SMILES string of the molecule is Cn1cc(NC(=O)c2cc(NC(=O)CNC(=N)N)cn2C)cc1C(=O)NCCC(=N)N.Cn1ccnc1C(N)=O. The molecular weight excluding hydrogens is 522 g/mol. The van der Waals surface area contributed by atoms with Crippen molar-refractivity contribution in [3.8, 4) is 0 Å². The lowest BCUT2D eigenvalue weighted by Crippen LogP contribution is -2.36. The van der Waals surface area contributed by atoms with Crippen LogP contribution in [0.3, 0.4) is 0 Å². The van der Waals surface area contributed by atoms with E-state index in [-0.39, 0.29) is 48.7 Å². The number of imidazole rings is 1. The molecule has 40 heavy (non-hydrogen) atoms. The van der Waals surface area contributed by atoms with Crippen molar-refractivity contribution in [1.29, 1.82) is 10.8 Å². The van der Waals surface area contributed by atoms with Crippen LogP contribution in [0.4, 0.5) is 11.4 Å². The van der Waals surface area contributed by atoms with Gasteiger partial charge >= 0.3 is 0 Å². The predicted octanol–water partition coefficient (Wildman–Crippen LogP) is -1.39. The highest BCUT2D eigenvalue weighted by Gasteiger charge is 2.17. The maximum absolute atomic E-state index is 12.6. The second-order valence-electron chi connectivity index (χ2n) is 8.48. The van der Waals surface area contributed by atoms with Crippen LogP contribution in [0.15, 0.2) is 36.9 Å². The summed E-state index contributed by atoms with van der Waals surface area (Å²) in [5.74, 6) is -1.76. The van der Waals surface area contributed by atoms with Gasteiger partial charge in [0, 0.05) is 58.9 Å². The number of hydrogen-bond acceptors (Lipinski definition) is 7. The quantitative estimate of drug-likeness (QED) is 0.106. The molecule has 4 amide bonds. The van der Waals surface area contributed by atoms with E-state index >= 15 is 0 Å². The number of rotatable bonds is 10. The van der Waals surface area contributed by atoms with Gasteiger partial charge in [-0.1, -0.05) is 0 Å². The molecule has 17 heteroatoms. The average Bonchev–Trinajstić information content (AvgIpc) is 3.55. The van der Waals surface area contributed by atoms with E-state index in [1.165, 1.54) is 18.3 Å². The summed E-state index contributed by atoms with van der Waals surface area (Å²) in [4.78, 5) is 50.8. The fourth-order valence-electron chi connectivity index (χ4n) is 3.30. The van der Waals surface area contributed by atoms with Gasteiger partial charge in [-0.3, -0.25) is 30.0 Å². The molecule has 0 aliphatic rings. The van der Waals surface area contributed by atoms with Crippen molar-refractivity contribution in [2.75, 3.05) is 23.7 Å². The number of nitrogens with one attached hydrogen (secondary N) is 6. The number of aryl methyl sites for hydroxylation is 3. The zero-order valence-corrected chi connectivity index (χ0v) is 22.2. The maximum atomic E-state index is 12.6. The number of amidine groups is 1. The van der Waals surface area contributed by atoms with Crippen LogP contribution >= 0.6 is 0 Å². The number of guanidine groups is 1. The Morgan fingerprint density at radius 2 is 1.43 bits per heavy atom. The lowest BCUT2D eigenvalue weighted by Gasteiger charge is -2.04. The number of carbonyl (C=O) groups is 4. The molecule has 0 bridgehead atoms. The van der Waals surface area contributed by atoms with E-state index in [1.54, 1.807) is 53.4 Å². The first-order chi connectivity index (χ1) is 18.8. The van der Waals surface area contributed by atoms with E-state index in [0.717, 1.165) is 0 Å². The number of amides is 4. The first kappa shape index (κ1) is 30.6. The number of primary amides is 1. The number of anilines is 2. The van der Waals surface area contributed by atoms with Gasteiger partial charge in [0.25, 0.3) is 17.7 Å². The van der Waals surface area contributed by atoms with Crippen LogP contribution in [0.25, 0.3) is 0 Å². The molecule has 3 aromatic heterocycles. The number of hydrogen-bond donors (Lipinski definition) is 9. The standard InChI is InChI=1S/C18H26N10O3.C5H7N3O/c1-27-9-11(6-12(27)16(30)23-4-3-14(19)20)26-17(31)13-5-10(8-28(13)2)25-15(29)7-24-18(21)22;1-8-3-2-7-5(8)4(6)9/h5-6,8-9H,3-4,7H2,1-2H3,(H3,19,20)(H,23,30)(H,25,29)(H,26,31)(H4,21,22,24);2-3H,1H3,(H2,6,9). The number of nitrogens with two attached hydrogens (primary N) is 3. The van der Waals surface area contributed by atoms with Gasteiger partial charge < -0.3 is 52.2 Å². The monoisotopic (exact) mass is 555 g/mol. The number of nitrogens with zero attached hydrogens (tertiary/aromatic N) is 4. The molecule has 12 N–H and O–H groups in total. The van der Waals surface area contributed by atoms with Gasteiger partial charge in [0.1, 0.15) is 11.4 Å². The van der Waals surface area contributed by atoms with E-state index in [2.05, 4.69) is 26.3 Å². The van der Waals surface area contributed by atoms with Gasteiger partial charge in [0.05, 0.1) is 23.8 Å². The first-order valence-electron chi connectivity index (χ1n) is 11.7. The van der Waals surface area contributed by atoms with Gasteiger partial charge in [0.15, 0.2) is 11.8 Å². The summed E-state index contributed by atoms with van der Waals surface area (Å²) in [5, 5.41) is 24.6. The van der Waals surface area contributed by atoms with Crippen molar-refractivity contribution in [2.24, 2.45) is 38.3 Å². The third-order valence-corrected chi connectivity index (χ3v) is 5.18. The highest BCUT2D eigenvalue weighted by Crippen LogP contribution is 2.17. The lowest BCUT2D eigenvalue weighted by atomic mass is 10.3. The second kappa shape index (κ2) is 13.8. The molecule has 3 aromatic rings. The lowest BCUT2D eigenvalue weighted by molar-refractivity contribution is -0.115. The van der Waals surface area contributed by atoms with Crippen molar-refractivity contribution < 1.29 is 19.2 Å². The summed E-state index contributed by atoms with van der Waals surface area (Å²) in [6, 6.07) is 3.03. The molecule has 0 fully saturated rings. The first-order valence-corrected chi connectivity index (χ1v) is 11.7. The molecule has 3 heterocycles. The molecule has 17 nitrogen and oxygen atoms in total.